The molecule has 0 bridgehead atoms. The molecule has 16 heavy (non-hydrogen) atoms. The number of halogens is 1. The van der Waals surface area contributed by atoms with E-state index in [1.807, 2.05) is 18.4 Å². The average molecular weight is 304 g/mol. The van der Waals surface area contributed by atoms with E-state index in [-0.39, 0.29) is 5.41 Å². The maximum Gasteiger partial charge on any atom is 0.0596 e. The van der Waals surface area contributed by atoms with Gasteiger partial charge in [-0.2, -0.15) is 0 Å². The van der Waals surface area contributed by atoms with Gasteiger partial charge in [-0.25, -0.2) is 0 Å². The molecule has 1 fully saturated rings. The van der Waals surface area contributed by atoms with Crippen molar-refractivity contribution in [3.05, 3.63) is 20.8 Å². The predicted octanol–water partition coefficient (Wildman–Crippen LogP) is 3.02. The van der Waals surface area contributed by atoms with Crippen LogP contribution in [0.1, 0.15) is 18.2 Å². The van der Waals surface area contributed by atoms with Crippen molar-refractivity contribution in [2.24, 2.45) is 5.92 Å². The van der Waals surface area contributed by atoms with Gasteiger partial charge in [0, 0.05) is 14.7 Å². The number of hydrogen-bond acceptors (Lipinski definition) is 3. The highest BCUT2D eigenvalue weighted by molar-refractivity contribution is 9.10. The predicted molar refractivity (Wildman–Crippen MR) is 72.2 cm³/mol. The normalized spacial score (nSPS) is 20.4. The van der Waals surface area contributed by atoms with Crippen LogP contribution in [0.25, 0.3) is 0 Å². The fraction of sp³-hybridized carbons (Fsp3) is 0.667. The summed E-state index contributed by atoms with van der Waals surface area (Å²) in [7, 11) is 2.03. The van der Waals surface area contributed by atoms with Crippen molar-refractivity contribution in [1.82, 2.24) is 5.32 Å². The Labute approximate surface area is 110 Å². The lowest BCUT2D eigenvalue weighted by molar-refractivity contribution is -0.0890. The minimum atomic E-state index is 0.258. The van der Waals surface area contributed by atoms with E-state index in [0.29, 0.717) is 5.92 Å². The molecule has 2 heterocycles. The van der Waals surface area contributed by atoms with Crippen LogP contribution in [0.5, 0.6) is 0 Å². The molecule has 0 aliphatic carbocycles. The fourth-order valence-electron chi connectivity index (χ4n) is 2.45. The second-order valence-electron chi connectivity index (χ2n) is 4.44. The lowest BCUT2D eigenvalue weighted by atomic mass is 9.71. The topological polar surface area (TPSA) is 21.3 Å². The second kappa shape index (κ2) is 5.17. The van der Waals surface area contributed by atoms with Crippen LogP contribution in [0, 0.1) is 5.92 Å². The Balaban J connectivity index is 2.24. The molecule has 2 rings (SSSR count). The van der Waals surface area contributed by atoms with E-state index < -0.39 is 0 Å². The molecule has 0 aromatic carbocycles. The second-order valence-corrected chi connectivity index (χ2v) is 6.27. The Hall–Kier alpha value is 0.1000. The Morgan fingerprint density at radius 2 is 2.38 bits per heavy atom. The quantitative estimate of drug-likeness (QED) is 0.903. The SMILES string of the molecule is CCC(CNC)C1(c2cc(Br)cs2)COC1. The van der Waals surface area contributed by atoms with E-state index in [0.717, 1.165) is 19.8 Å². The van der Waals surface area contributed by atoms with E-state index in [2.05, 4.69) is 39.6 Å². The van der Waals surface area contributed by atoms with Crippen molar-refractivity contribution in [2.45, 2.75) is 18.8 Å². The van der Waals surface area contributed by atoms with Gasteiger partial charge in [0.25, 0.3) is 0 Å². The summed E-state index contributed by atoms with van der Waals surface area (Å²) in [5, 5.41) is 5.47. The van der Waals surface area contributed by atoms with Crippen LogP contribution >= 0.6 is 27.3 Å². The van der Waals surface area contributed by atoms with Gasteiger partial charge in [-0.3, -0.25) is 0 Å². The monoisotopic (exact) mass is 303 g/mol. The Morgan fingerprint density at radius 1 is 1.62 bits per heavy atom. The Bertz CT molecular complexity index is 349. The lowest BCUT2D eigenvalue weighted by Crippen LogP contribution is -2.54. The summed E-state index contributed by atoms with van der Waals surface area (Å²) in [6.07, 6.45) is 1.19. The third-order valence-corrected chi connectivity index (χ3v) is 5.41. The summed E-state index contributed by atoms with van der Waals surface area (Å²) in [4.78, 5) is 1.47. The van der Waals surface area contributed by atoms with Crippen LogP contribution in [0.4, 0.5) is 0 Å². The molecule has 1 aliphatic rings. The largest absolute Gasteiger partial charge is 0.379 e. The van der Waals surface area contributed by atoms with E-state index >= 15 is 0 Å². The van der Waals surface area contributed by atoms with Gasteiger partial charge in [-0.1, -0.05) is 13.3 Å². The number of thiophene rings is 1. The minimum Gasteiger partial charge on any atom is -0.379 e. The van der Waals surface area contributed by atoms with E-state index in [9.17, 15) is 0 Å². The molecule has 4 heteroatoms. The summed E-state index contributed by atoms with van der Waals surface area (Å²) in [5.74, 6) is 0.664. The summed E-state index contributed by atoms with van der Waals surface area (Å²) < 4.78 is 6.69. The molecule has 1 N–H and O–H groups in total. The lowest BCUT2D eigenvalue weighted by Gasteiger charge is -2.46. The van der Waals surface area contributed by atoms with Crippen molar-refractivity contribution in [1.29, 1.82) is 0 Å². The van der Waals surface area contributed by atoms with Crippen molar-refractivity contribution in [3.8, 4) is 0 Å². The Morgan fingerprint density at radius 3 is 2.75 bits per heavy atom. The zero-order chi connectivity index (χ0) is 11.6. The molecular weight excluding hydrogens is 286 g/mol. The number of nitrogens with one attached hydrogen (secondary N) is 1. The molecule has 0 spiro atoms. The van der Waals surface area contributed by atoms with Gasteiger partial charge in [0.2, 0.25) is 0 Å². The van der Waals surface area contributed by atoms with Crippen LogP contribution < -0.4 is 5.32 Å². The van der Waals surface area contributed by atoms with Gasteiger partial charge in [0.1, 0.15) is 0 Å². The van der Waals surface area contributed by atoms with Gasteiger partial charge in [-0.05, 0) is 41.5 Å². The molecule has 2 nitrogen and oxygen atoms in total. The zero-order valence-electron chi connectivity index (χ0n) is 9.75. The number of hydrogen-bond donors (Lipinski definition) is 1. The highest BCUT2D eigenvalue weighted by Gasteiger charge is 2.46. The first kappa shape index (κ1) is 12.6. The summed E-state index contributed by atoms with van der Waals surface area (Å²) in [5.41, 5.74) is 0.258. The first-order chi connectivity index (χ1) is 7.73. The standard InChI is InChI=1S/C12H18BrNOS/c1-3-9(5-14-2)12(7-15-8-12)11-4-10(13)6-16-11/h4,6,9,14H,3,5,7-8H2,1-2H3. The van der Waals surface area contributed by atoms with E-state index in [4.69, 9.17) is 4.74 Å². The summed E-state index contributed by atoms with van der Waals surface area (Å²) in [6.45, 7) is 5.08. The van der Waals surface area contributed by atoms with Crippen LogP contribution in [0.15, 0.2) is 15.9 Å². The number of rotatable bonds is 5. The van der Waals surface area contributed by atoms with Crippen LogP contribution in [-0.4, -0.2) is 26.8 Å². The van der Waals surface area contributed by atoms with E-state index in [1.54, 1.807) is 0 Å². The first-order valence-electron chi connectivity index (χ1n) is 5.70. The average Bonchev–Trinajstić information content (AvgIpc) is 2.62. The molecule has 1 unspecified atom stereocenters. The zero-order valence-corrected chi connectivity index (χ0v) is 12.2. The van der Waals surface area contributed by atoms with Crippen molar-refractivity contribution >= 4 is 27.3 Å². The molecular formula is C12H18BrNOS. The van der Waals surface area contributed by atoms with Crippen molar-refractivity contribution < 1.29 is 4.74 Å². The molecule has 0 amide bonds. The third-order valence-electron chi connectivity index (χ3n) is 3.50. The molecule has 1 aromatic rings. The van der Waals surface area contributed by atoms with Crippen LogP contribution in [0.3, 0.4) is 0 Å². The molecule has 90 valence electrons. The van der Waals surface area contributed by atoms with Gasteiger partial charge >= 0.3 is 0 Å². The maximum absolute atomic E-state index is 5.49. The highest BCUT2D eigenvalue weighted by atomic mass is 79.9. The first-order valence-corrected chi connectivity index (χ1v) is 7.37. The Kier molecular flexibility index (Phi) is 4.06. The molecule has 0 radical (unpaired) electrons. The smallest absolute Gasteiger partial charge is 0.0596 e. The van der Waals surface area contributed by atoms with Crippen LogP contribution in [-0.2, 0) is 10.2 Å². The van der Waals surface area contributed by atoms with Gasteiger partial charge in [-0.15, -0.1) is 11.3 Å². The fourth-order valence-corrected chi connectivity index (χ4v) is 4.13. The number of ether oxygens (including phenoxy) is 1. The van der Waals surface area contributed by atoms with Gasteiger partial charge in [0.15, 0.2) is 0 Å². The maximum atomic E-state index is 5.49. The highest BCUT2D eigenvalue weighted by Crippen LogP contribution is 2.44. The van der Waals surface area contributed by atoms with Crippen molar-refractivity contribution in [2.75, 3.05) is 26.8 Å². The van der Waals surface area contributed by atoms with Gasteiger partial charge < -0.3 is 10.1 Å². The van der Waals surface area contributed by atoms with Crippen LogP contribution in [0.2, 0.25) is 0 Å². The minimum absolute atomic E-state index is 0.258. The molecule has 0 saturated carbocycles. The molecule has 1 aromatic heterocycles. The summed E-state index contributed by atoms with van der Waals surface area (Å²) in [6, 6.07) is 2.26. The molecule has 1 aliphatic heterocycles. The third kappa shape index (κ3) is 2.08. The van der Waals surface area contributed by atoms with Gasteiger partial charge in [0.05, 0.1) is 18.6 Å². The van der Waals surface area contributed by atoms with Crippen molar-refractivity contribution in [3.63, 3.8) is 0 Å². The summed E-state index contributed by atoms with van der Waals surface area (Å²) >= 11 is 5.39. The molecule has 1 atom stereocenters. The van der Waals surface area contributed by atoms with E-state index in [1.165, 1.54) is 15.8 Å². The molecule has 1 saturated heterocycles.